The first-order chi connectivity index (χ1) is 15.1. The van der Waals surface area contributed by atoms with Crippen molar-refractivity contribution in [1.29, 1.82) is 0 Å². The molecule has 0 aromatic heterocycles. The van der Waals surface area contributed by atoms with Crippen molar-refractivity contribution in [3.05, 3.63) is 58.1 Å². The number of unbranched alkanes of at least 4 members (excludes halogenated alkanes) is 4. The largest absolute Gasteiger partial charge is 0.493 e. The predicted octanol–water partition coefficient (Wildman–Crippen LogP) is 6.41. The maximum absolute atomic E-state index is 12.3. The molecule has 6 heteroatoms. The number of hydrazone groups is 1. The summed E-state index contributed by atoms with van der Waals surface area (Å²) in [4.78, 5) is 12.3. The van der Waals surface area contributed by atoms with E-state index in [2.05, 4.69) is 24.4 Å². The highest BCUT2D eigenvalue weighted by Crippen LogP contribution is 2.36. The van der Waals surface area contributed by atoms with Crippen LogP contribution in [0.3, 0.4) is 0 Å². The lowest BCUT2D eigenvalue weighted by atomic mass is 10.1. The van der Waals surface area contributed by atoms with Gasteiger partial charge in [-0.2, -0.15) is 5.10 Å². The highest BCUT2D eigenvalue weighted by Gasteiger charge is 2.12. The first-order valence-electron chi connectivity index (χ1n) is 11.0. The fourth-order valence-corrected chi connectivity index (χ4v) is 3.36. The lowest BCUT2D eigenvalue weighted by Gasteiger charge is -2.13. The molecule has 0 heterocycles. The van der Waals surface area contributed by atoms with E-state index in [1.807, 2.05) is 24.3 Å². The van der Waals surface area contributed by atoms with Gasteiger partial charge in [0.15, 0.2) is 11.5 Å². The van der Waals surface area contributed by atoms with Crippen LogP contribution < -0.4 is 14.9 Å². The predicted molar refractivity (Wildman–Crippen MR) is 128 cm³/mol. The number of hydrogen-bond acceptors (Lipinski definition) is 4. The van der Waals surface area contributed by atoms with Crippen LogP contribution in [0, 0.1) is 0 Å². The van der Waals surface area contributed by atoms with Crippen LogP contribution in [0.15, 0.2) is 41.5 Å². The van der Waals surface area contributed by atoms with Gasteiger partial charge in [0.05, 0.1) is 25.0 Å². The number of benzene rings is 2. The molecule has 0 aliphatic heterocycles. The summed E-state index contributed by atoms with van der Waals surface area (Å²) in [5.41, 5.74) is 5.06. The molecule has 0 aliphatic rings. The SMILES string of the molecule is CCCCCCOc1c(Cl)cc(/C=N/NC(=O)c2ccc(CCCC)cc2)cc1OC. The zero-order chi connectivity index (χ0) is 22.5. The molecule has 0 radical (unpaired) electrons. The van der Waals surface area contributed by atoms with Crippen LogP contribution in [0.5, 0.6) is 11.5 Å². The van der Waals surface area contributed by atoms with Gasteiger partial charge in [-0.1, -0.05) is 63.3 Å². The highest BCUT2D eigenvalue weighted by molar-refractivity contribution is 6.32. The number of carbonyl (C=O) groups excluding carboxylic acids is 1. The van der Waals surface area contributed by atoms with E-state index in [4.69, 9.17) is 21.1 Å². The number of halogens is 1. The summed E-state index contributed by atoms with van der Waals surface area (Å²) in [6, 6.07) is 11.1. The topological polar surface area (TPSA) is 59.9 Å². The van der Waals surface area contributed by atoms with Gasteiger partial charge in [0.1, 0.15) is 0 Å². The van der Waals surface area contributed by atoms with Crippen LogP contribution in [0.4, 0.5) is 0 Å². The van der Waals surface area contributed by atoms with Crippen LogP contribution in [-0.2, 0) is 6.42 Å². The van der Waals surface area contributed by atoms with Crippen molar-refractivity contribution in [2.24, 2.45) is 5.10 Å². The normalized spacial score (nSPS) is 11.0. The molecule has 0 aliphatic carbocycles. The fourth-order valence-electron chi connectivity index (χ4n) is 3.09. The minimum absolute atomic E-state index is 0.261. The summed E-state index contributed by atoms with van der Waals surface area (Å²) in [7, 11) is 1.57. The molecule has 1 N–H and O–H groups in total. The van der Waals surface area contributed by atoms with Crippen molar-refractivity contribution in [2.75, 3.05) is 13.7 Å². The third kappa shape index (κ3) is 8.25. The van der Waals surface area contributed by atoms with E-state index in [0.717, 1.165) is 32.1 Å². The van der Waals surface area contributed by atoms with Crippen molar-refractivity contribution >= 4 is 23.7 Å². The molecular weight excluding hydrogens is 412 g/mol. The summed E-state index contributed by atoms with van der Waals surface area (Å²) in [6.45, 7) is 4.93. The monoisotopic (exact) mass is 444 g/mol. The Labute approximate surface area is 190 Å². The van der Waals surface area contributed by atoms with Gasteiger partial charge in [-0.25, -0.2) is 5.43 Å². The Bertz CT molecular complexity index is 851. The second-order valence-corrected chi connectivity index (χ2v) is 7.85. The number of nitrogens with one attached hydrogen (secondary N) is 1. The summed E-state index contributed by atoms with van der Waals surface area (Å²) >= 11 is 6.39. The highest BCUT2D eigenvalue weighted by atomic mass is 35.5. The van der Waals surface area contributed by atoms with Crippen molar-refractivity contribution in [1.82, 2.24) is 5.43 Å². The van der Waals surface area contributed by atoms with E-state index in [9.17, 15) is 4.79 Å². The number of nitrogens with zero attached hydrogens (tertiary/aromatic N) is 1. The number of rotatable bonds is 13. The summed E-state index contributed by atoms with van der Waals surface area (Å²) in [5, 5.41) is 4.50. The number of methoxy groups -OCH3 is 1. The lowest BCUT2D eigenvalue weighted by Crippen LogP contribution is -2.17. The molecular formula is C25H33ClN2O3. The molecule has 0 atom stereocenters. The van der Waals surface area contributed by atoms with Crippen LogP contribution in [-0.4, -0.2) is 25.8 Å². The number of carbonyl (C=O) groups is 1. The molecule has 5 nitrogen and oxygen atoms in total. The molecule has 31 heavy (non-hydrogen) atoms. The standard InChI is InChI=1S/C25H33ClN2O3/c1-4-6-8-9-15-31-24-22(26)16-20(17-23(24)30-3)18-27-28-25(29)21-13-11-19(12-14-21)10-7-5-2/h11-14,16-18H,4-10,15H2,1-3H3,(H,28,29)/b27-18+. The Morgan fingerprint density at radius 3 is 2.48 bits per heavy atom. The van der Waals surface area contributed by atoms with Crippen molar-refractivity contribution in [3.63, 3.8) is 0 Å². The molecule has 1 amide bonds. The zero-order valence-corrected chi connectivity index (χ0v) is 19.5. The lowest BCUT2D eigenvalue weighted by molar-refractivity contribution is 0.0955. The van der Waals surface area contributed by atoms with Gasteiger partial charge in [0.2, 0.25) is 0 Å². The number of amides is 1. The summed E-state index contributed by atoms with van der Waals surface area (Å²) in [6.07, 6.45) is 9.33. The third-order valence-electron chi connectivity index (χ3n) is 4.91. The number of ether oxygens (including phenoxy) is 2. The third-order valence-corrected chi connectivity index (χ3v) is 5.19. The number of hydrogen-bond donors (Lipinski definition) is 1. The first-order valence-corrected chi connectivity index (χ1v) is 11.4. The van der Waals surface area contributed by atoms with E-state index in [0.29, 0.717) is 34.3 Å². The molecule has 0 saturated carbocycles. The van der Waals surface area contributed by atoms with Crippen LogP contribution in [0.1, 0.15) is 73.9 Å². The van der Waals surface area contributed by atoms with Crippen LogP contribution >= 0.6 is 11.6 Å². The Hall–Kier alpha value is -2.53. The molecule has 2 aromatic carbocycles. The Balaban J connectivity index is 1.95. The Morgan fingerprint density at radius 2 is 1.81 bits per heavy atom. The van der Waals surface area contributed by atoms with Gasteiger partial charge in [-0.15, -0.1) is 0 Å². The Morgan fingerprint density at radius 1 is 1.06 bits per heavy atom. The molecule has 0 unspecified atom stereocenters. The van der Waals surface area contributed by atoms with Crippen molar-refractivity contribution < 1.29 is 14.3 Å². The Kier molecular flexibility index (Phi) is 10.9. The quantitative estimate of drug-likeness (QED) is 0.220. The van der Waals surface area contributed by atoms with Gasteiger partial charge < -0.3 is 9.47 Å². The van der Waals surface area contributed by atoms with Gasteiger partial charge in [0, 0.05) is 5.56 Å². The second-order valence-electron chi connectivity index (χ2n) is 7.44. The van der Waals surface area contributed by atoms with Gasteiger partial charge in [-0.05, 0) is 54.7 Å². The summed E-state index contributed by atoms with van der Waals surface area (Å²) < 4.78 is 11.2. The van der Waals surface area contributed by atoms with Gasteiger partial charge >= 0.3 is 0 Å². The van der Waals surface area contributed by atoms with E-state index < -0.39 is 0 Å². The average molecular weight is 445 g/mol. The van der Waals surface area contributed by atoms with Gasteiger partial charge in [0.25, 0.3) is 5.91 Å². The van der Waals surface area contributed by atoms with E-state index in [1.54, 1.807) is 19.2 Å². The molecule has 0 spiro atoms. The van der Waals surface area contributed by atoms with E-state index in [-0.39, 0.29) is 5.91 Å². The molecule has 2 aromatic rings. The molecule has 0 saturated heterocycles. The molecule has 168 valence electrons. The minimum atomic E-state index is -0.261. The molecule has 2 rings (SSSR count). The van der Waals surface area contributed by atoms with Gasteiger partial charge in [-0.3, -0.25) is 4.79 Å². The van der Waals surface area contributed by atoms with E-state index >= 15 is 0 Å². The van der Waals surface area contributed by atoms with Crippen LogP contribution in [0.2, 0.25) is 5.02 Å². The fraction of sp³-hybridized carbons (Fsp3) is 0.440. The van der Waals surface area contributed by atoms with Crippen LogP contribution in [0.25, 0.3) is 0 Å². The maximum Gasteiger partial charge on any atom is 0.271 e. The zero-order valence-electron chi connectivity index (χ0n) is 18.7. The van der Waals surface area contributed by atoms with Crippen molar-refractivity contribution in [2.45, 2.75) is 58.8 Å². The number of aryl methyl sites for hydroxylation is 1. The average Bonchev–Trinajstić information content (AvgIpc) is 2.78. The maximum atomic E-state index is 12.3. The van der Waals surface area contributed by atoms with Crippen molar-refractivity contribution in [3.8, 4) is 11.5 Å². The first kappa shape index (κ1) is 24.7. The minimum Gasteiger partial charge on any atom is -0.493 e. The summed E-state index contributed by atoms with van der Waals surface area (Å²) in [5.74, 6) is 0.812. The second kappa shape index (κ2) is 13.7. The smallest absolute Gasteiger partial charge is 0.271 e. The van der Waals surface area contributed by atoms with E-state index in [1.165, 1.54) is 24.6 Å². The molecule has 0 fully saturated rings. The molecule has 0 bridgehead atoms.